The Balaban J connectivity index is 0.000000696. The Kier molecular flexibility index (Phi) is 8.24. The monoisotopic (exact) mass is 505 g/mol. The highest BCUT2D eigenvalue weighted by Gasteiger charge is 2.40. The van der Waals surface area contributed by atoms with Crippen LogP contribution >= 0.6 is 7.82 Å². The number of alkyl halides is 3. The number of rotatable bonds is 4. The first-order valence-electron chi connectivity index (χ1n) is 9.03. The molecule has 0 radical (unpaired) electrons. The zero-order valence-electron chi connectivity index (χ0n) is 16.5. The number of benzene rings is 1. The van der Waals surface area contributed by atoms with Crippen molar-refractivity contribution >= 4 is 13.7 Å². The van der Waals surface area contributed by atoms with Crippen molar-refractivity contribution in [3.8, 4) is 0 Å². The number of aryl methyl sites for hydroxylation is 1. The number of aromatic nitrogens is 3. The van der Waals surface area contributed by atoms with E-state index in [-0.39, 0.29) is 43.9 Å². The maximum atomic E-state index is 13.6. The molecule has 3 rings (SSSR count). The standard InChI is InChI=1S/C16H15F6N5O.H3O4P/c17-9-6-11(19)10(18)5-8(9)1-2-12(23)14(28)26-3-4-27-13(7-26)24-25-15(27)16(20,21)22;1-5(2,3)4/h5-6,12H,1-4,7,23H2;(H3,1,2,3,4)/t12-;/m1./s1. The van der Waals surface area contributed by atoms with Crippen molar-refractivity contribution < 1.29 is 50.4 Å². The normalized spacial score (nSPS) is 14.9. The summed E-state index contributed by atoms with van der Waals surface area (Å²) in [6.45, 7) is -0.372. The zero-order chi connectivity index (χ0) is 25.1. The molecule has 0 fully saturated rings. The van der Waals surface area contributed by atoms with E-state index in [0.29, 0.717) is 12.1 Å². The van der Waals surface area contributed by atoms with Gasteiger partial charge in [-0.2, -0.15) is 13.2 Å². The van der Waals surface area contributed by atoms with E-state index >= 15 is 0 Å². The lowest BCUT2D eigenvalue weighted by Crippen LogP contribution is -2.47. The molecule has 2 heterocycles. The van der Waals surface area contributed by atoms with Crippen LogP contribution in [0.15, 0.2) is 12.1 Å². The summed E-state index contributed by atoms with van der Waals surface area (Å²) in [5, 5.41) is 6.59. The van der Waals surface area contributed by atoms with Gasteiger partial charge in [-0.25, -0.2) is 17.7 Å². The molecule has 184 valence electrons. The fourth-order valence-electron chi connectivity index (χ4n) is 2.98. The summed E-state index contributed by atoms with van der Waals surface area (Å²) in [6.07, 6.45) is -4.82. The first-order valence-corrected chi connectivity index (χ1v) is 10.6. The maximum absolute atomic E-state index is 13.6. The number of hydrogen-bond acceptors (Lipinski definition) is 5. The van der Waals surface area contributed by atoms with Crippen LogP contribution in [0, 0.1) is 17.5 Å². The SMILES string of the molecule is N[C@H](CCc1cc(F)c(F)cc1F)C(=O)N1CCn2c(nnc2C(F)(F)F)C1.O=P(O)(O)O. The molecule has 1 aromatic carbocycles. The van der Waals surface area contributed by atoms with E-state index in [4.69, 9.17) is 25.0 Å². The second-order valence-electron chi connectivity index (χ2n) is 6.87. The topological polar surface area (TPSA) is 155 Å². The number of amides is 1. The number of phosphoric acid groups is 1. The second kappa shape index (κ2) is 10.2. The number of nitrogens with two attached hydrogens (primary N) is 1. The molecular formula is C16H18F6N5O5P. The van der Waals surface area contributed by atoms with E-state index in [0.717, 1.165) is 4.57 Å². The first kappa shape index (κ1) is 26.7. The van der Waals surface area contributed by atoms with Crippen LogP contribution in [0.3, 0.4) is 0 Å². The van der Waals surface area contributed by atoms with Gasteiger partial charge in [0.05, 0.1) is 12.6 Å². The number of fused-ring (bicyclic) bond motifs is 1. The van der Waals surface area contributed by atoms with Crippen LogP contribution in [-0.2, 0) is 35.0 Å². The van der Waals surface area contributed by atoms with Gasteiger partial charge in [0.25, 0.3) is 0 Å². The van der Waals surface area contributed by atoms with Crippen LogP contribution in [0.25, 0.3) is 0 Å². The summed E-state index contributed by atoms with van der Waals surface area (Å²) in [4.78, 5) is 35.2. The fourth-order valence-corrected chi connectivity index (χ4v) is 2.98. The van der Waals surface area contributed by atoms with Gasteiger partial charge in [-0.3, -0.25) is 4.79 Å². The molecule has 0 saturated carbocycles. The molecule has 1 aliphatic heterocycles. The molecule has 10 nitrogen and oxygen atoms in total. The summed E-state index contributed by atoms with van der Waals surface area (Å²) in [6, 6.07) is 0.0153. The van der Waals surface area contributed by atoms with E-state index in [2.05, 4.69) is 10.2 Å². The third kappa shape index (κ3) is 7.50. The highest BCUT2D eigenvalue weighted by atomic mass is 31.2. The molecule has 1 aliphatic rings. The van der Waals surface area contributed by atoms with Gasteiger partial charge in [0.1, 0.15) is 5.82 Å². The Labute approximate surface area is 181 Å². The average Bonchev–Trinajstić information content (AvgIpc) is 3.11. The molecule has 0 spiro atoms. The van der Waals surface area contributed by atoms with Gasteiger partial charge in [0, 0.05) is 19.2 Å². The molecule has 0 bridgehead atoms. The summed E-state index contributed by atoms with van der Waals surface area (Å²) >= 11 is 0. The summed E-state index contributed by atoms with van der Waals surface area (Å²) in [5.74, 6) is -5.21. The minimum atomic E-state index is -4.65. The van der Waals surface area contributed by atoms with Crippen molar-refractivity contribution in [2.75, 3.05) is 6.54 Å². The summed E-state index contributed by atoms with van der Waals surface area (Å²) in [7, 11) is -4.64. The van der Waals surface area contributed by atoms with Gasteiger partial charge in [-0.1, -0.05) is 0 Å². The van der Waals surface area contributed by atoms with Gasteiger partial charge in [0.2, 0.25) is 11.7 Å². The molecule has 2 aromatic rings. The Bertz CT molecular complexity index is 1050. The van der Waals surface area contributed by atoms with Gasteiger partial charge in [-0.15, -0.1) is 10.2 Å². The molecule has 1 atom stereocenters. The number of nitrogens with zero attached hydrogens (tertiary/aromatic N) is 4. The maximum Gasteiger partial charge on any atom is 0.466 e. The largest absolute Gasteiger partial charge is 0.466 e. The molecule has 1 aromatic heterocycles. The molecule has 0 saturated heterocycles. The van der Waals surface area contributed by atoms with E-state index in [1.54, 1.807) is 0 Å². The van der Waals surface area contributed by atoms with Crippen LogP contribution in [-0.4, -0.2) is 52.8 Å². The van der Waals surface area contributed by atoms with Gasteiger partial charge in [-0.05, 0) is 24.5 Å². The highest BCUT2D eigenvalue weighted by molar-refractivity contribution is 7.45. The predicted molar refractivity (Wildman–Crippen MR) is 97.3 cm³/mol. The number of halogens is 6. The van der Waals surface area contributed by atoms with Crippen molar-refractivity contribution in [3.63, 3.8) is 0 Å². The molecule has 33 heavy (non-hydrogen) atoms. The van der Waals surface area contributed by atoms with Crippen molar-refractivity contribution in [3.05, 3.63) is 46.8 Å². The smallest absolute Gasteiger partial charge is 0.332 e. The van der Waals surface area contributed by atoms with E-state index in [9.17, 15) is 31.1 Å². The third-order valence-corrected chi connectivity index (χ3v) is 4.45. The summed E-state index contributed by atoms with van der Waals surface area (Å²) in [5.41, 5.74) is 5.67. The Morgan fingerprint density at radius 1 is 1.09 bits per heavy atom. The Hall–Kier alpha value is -2.52. The van der Waals surface area contributed by atoms with Crippen molar-refractivity contribution in [1.29, 1.82) is 0 Å². The number of hydrogen-bond donors (Lipinski definition) is 4. The lowest BCUT2D eigenvalue weighted by molar-refractivity contribution is -0.148. The lowest BCUT2D eigenvalue weighted by atomic mass is 10.0. The van der Waals surface area contributed by atoms with Crippen molar-refractivity contribution in [2.24, 2.45) is 5.73 Å². The Morgan fingerprint density at radius 2 is 1.67 bits per heavy atom. The summed E-state index contributed by atoms with van der Waals surface area (Å²) < 4.78 is 88.1. The minimum absolute atomic E-state index is 0.0224. The molecule has 1 amide bonds. The highest BCUT2D eigenvalue weighted by Crippen LogP contribution is 2.29. The zero-order valence-corrected chi connectivity index (χ0v) is 17.4. The fraction of sp³-hybridized carbons (Fsp3) is 0.438. The second-order valence-corrected chi connectivity index (χ2v) is 7.89. The lowest BCUT2D eigenvalue weighted by Gasteiger charge is -2.30. The first-order chi connectivity index (χ1) is 15.1. The molecule has 17 heteroatoms. The quantitative estimate of drug-likeness (QED) is 0.274. The van der Waals surface area contributed by atoms with Crippen LogP contribution < -0.4 is 5.73 Å². The van der Waals surface area contributed by atoms with Gasteiger partial charge in [0.15, 0.2) is 17.5 Å². The molecule has 5 N–H and O–H groups in total. The number of carbonyl (C=O) groups excluding carboxylic acids is 1. The van der Waals surface area contributed by atoms with Crippen LogP contribution in [0.4, 0.5) is 26.3 Å². The predicted octanol–water partition coefficient (Wildman–Crippen LogP) is 1.09. The molecular weight excluding hydrogens is 487 g/mol. The number of carbonyl (C=O) groups is 1. The minimum Gasteiger partial charge on any atom is -0.332 e. The van der Waals surface area contributed by atoms with E-state index < -0.39 is 49.2 Å². The van der Waals surface area contributed by atoms with Gasteiger partial charge >= 0.3 is 14.0 Å². The molecule has 0 unspecified atom stereocenters. The molecule has 0 aliphatic carbocycles. The van der Waals surface area contributed by atoms with E-state index in [1.165, 1.54) is 4.90 Å². The van der Waals surface area contributed by atoms with Gasteiger partial charge < -0.3 is 29.9 Å². The van der Waals surface area contributed by atoms with Crippen molar-refractivity contribution in [1.82, 2.24) is 19.7 Å². The van der Waals surface area contributed by atoms with Crippen LogP contribution in [0.1, 0.15) is 23.6 Å². The van der Waals surface area contributed by atoms with E-state index in [1.807, 2.05) is 0 Å². The average molecular weight is 505 g/mol. The van der Waals surface area contributed by atoms with Crippen molar-refractivity contribution in [2.45, 2.75) is 38.1 Å². The van der Waals surface area contributed by atoms with Crippen LogP contribution in [0.5, 0.6) is 0 Å². The van der Waals surface area contributed by atoms with Crippen LogP contribution in [0.2, 0.25) is 0 Å². The Morgan fingerprint density at radius 3 is 2.24 bits per heavy atom. The third-order valence-electron chi connectivity index (χ3n) is 4.45.